The van der Waals surface area contributed by atoms with Crippen molar-refractivity contribution in [2.75, 3.05) is 33.5 Å². The highest BCUT2D eigenvalue weighted by atomic mass is 79.9. The fourth-order valence-electron chi connectivity index (χ4n) is 2.77. The summed E-state index contributed by atoms with van der Waals surface area (Å²) >= 11 is 3.58. The molecule has 1 aromatic carbocycles. The number of nitrogens with one attached hydrogen (secondary N) is 1. The summed E-state index contributed by atoms with van der Waals surface area (Å²) in [6.07, 6.45) is 1.00. The van der Waals surface area contributed by atoms with Crippen LogP contribution in [0.25, 0.3) is 0 Å². The third-order valence-corrected chi connectivity index (χ3v) is 4.09. The topological polar surface area (TPSA) is 39.7 Å². The first-order chi connectivity index (χ1) is 9.29. The summed E-state index contributed by atoms with van der Waals surface area (Å²) < 4.78 is 18.2. The van der Waals surface area contributed by atoms with E-state index in [0.29, 0.717) is 19.8 Å². The summed E-state index contributed by atoms with van der Waals surface area (Å²) in [6.45, 7) is 2.71. The summed E-state index contributed by atoms with van der Waals surface area (Å²) in [5.74, 6) is 1.01. The predicted molar refractivity (Wildman–Crippen MR) is 75.7 cm³/mol. The molecule has 1 aromatic rings. The zero-order valence-corrected chi connectivity index (χ0v) is 12.5. The Labute approximate surface area is 121 Å². The second kappa shape index (κ2) is 5.79. The van der Waals surface area contributed by atoms with E-state index >= 15 is 0 Å². The molecule has 0 saturated carbocycles. The Balaban J connectivity index is 1.94. The summed E-state index contributed by atoms with van der Waals surface area (Å²) in [5, 5.41) is 3.34. The van der Waals surface area contributed by atoms with Crippen molar-refractivity contribution < 1.29 is 14.2 Å². The predicted octanol–water partition coefficient (Wildman–Crippen LogP) is 2.06. The third-order valence-electron chi connectivity index (χ3n) is 3.64. The highest BCUT2D eigenvalue weighted by Crippen LogP contribution is 2.38. The molecule has 2 aliphatic rings. The second-order valence-electron chi connectivity index (χ2n) is 4.83. The lowest BCUT2D eigenvalue weighted by molar-refractivity contribution is -0.101. The average Bonchev–Trinajstić information content (AvgIpc) is 2.89. The van der Waals surface area contributed by atoms with Crippen LogP contribution in [-0.4, -0.2) is 39.6 Å². The van der Waals surface area contributed by atoms with Gasteiger partial charge >= 0.3 is 0 Å². The standard InChI is InChI=1S/C14H18BrNO3/c1-16-13(12-8-17-4-5-18-12)11-7-10(15)6-9-2-3-19-14(9)11/h6-7,12-13,16H,2-5,8H2,1H3. The van der Waals surface area contributed by atoms with Crippen LogP contribution in [0.4, 0.5) is 0 Å². The SMILES string of the molecule is CNC(c1cc(Br)cc2c1OCC2)C1COCCO1. The van der Waals surface area contributed by atoms with Crippen molar-refractivity contribution >= 4 is 15.9 Å². The average molecular weight is 328 g/mol. The Morgan fingerprint density at radius 3 is 2.95 bits per heavy atom. The lowest BCUT2D eigenvalue weighted by atomic mass is 9.97. The molecule has 0 radical (unpaired) electrons. The smallest absolute Gasteiger partial charge is 0.127 e. The van der Waals surface area contributed by atoms with Crippen molar-refractivity contribution in [3.05, 3.63) is 27.7 Å². The normalized spacial score (nSPS) is 23.8. The molecule has 0 amide bonds. The molecule has 5 heteroatoms. The largest absolute Gasteiger partial charge is 0.493 e. The maximum absolute atomic E-state index is 5.83. The van der Waals surface area contributed by atoms with Gasteiger partial charge in [0, 0.05) is 16.5 Å². The van der Waals surface area contributed by atoms with Crippen LogP contribution in [0, 0.1) is 0 Å². The van der Waals surface area contributed by atoms with E-state index in [2.05, 4.69) is 33.4 Å². The molecular weight excluding hydrogens is 310 g/mol. The van der Waals surface area contributed by atoms with E-state index < -0.39 is 0 Å². The van der Waals surface area contributed by atoms with Gasteiger partial charge in [-0.25, -0.2) is 0 Å². The minimum atomic E-state index is 0.0290. The van der Waals surface area contributed by atoms with Gasteiger partial charge in [0.25, 0.3) is 0 Å². The van der Waals surface area contributed by atoms with Gasteiger partial charge in [-0.15, -0.1) is 0 Å². The third kappa shape index (κ3) is 2.65. The molecule has 1 saturated heterocycles. The van der Waals surface area contributed by atoms with Crippen LogP contribution in [0.2, 0.25) is 0 Å². The van der Waals surface area contributed by atoms with Crippen molar-refractivity contribution in [1.82, 2.24) is 5.32 Å². The van der Waals surface area contributed by atoms with Crippen molar-refractivity contribution in [3.8, 4) is 5.75 Å². The Morgan fingerprint density at radius 2 is 2.21 bits per heavy atom. The van der Waals surface area contributed by atoms with E-state index in [1.165, 1.54) is 5.56 Å². The maximum Gasteiger partial charge on any atom is 0.127 e. The van der Waals surface area contributed by atoms with Gasteiger partial charge in [-0.05, 0) is 24.7 Å². The molecule has 1 fully saturated rings. The molecule has 2 heterocycles. The van der Waals surface area contributed by atoms with E-state index in [1.807, 2.05) is 7.05 Å². The molecule has 0 aliphatic carbocycles. The Morgan fingerprint density at radius 1 is 1.32 bits per heavy atom. The van der Waals surface area contributed by atoms with Crippen molar-refractivity contribution in [1.29, 1.82) is 0 Å². The lowest BCUT2D eigenvalue weighted by Crippen LogP contribution is -2.39. The van der Waals surface area contributed by atoms with E-state index in [4.69, 9.17) is 14.2 Å². The Hall–Kier alpha value is -0.620. The van der Waals surface area contributed by atoms with Gasteiger partial charge in [-0.2, -0.15) is 0 Å². The number of rotatable bonds is 3. The minimum absolute atomic E-state index is 0.0290. The van der Waals surface area contributed by atoms with E-state index in [-0.39, 0.29) is 12.1 Å². The molecule has 0 spiro atoms. The fraction of sp³-hybridized carbons (Fsp3) is 0.571. The van der Waals surface area contributed by atoms with Crippen molar-refractivity contribution in [2.24, 2.45) is 0 Å². The molecule has 2 unspecified atom stereocenters. The summed E-state index contributed by atoms with van der Waals surface area (Å²) in [4.78, 5) is 0. The van der Waals surface area contributed by atoms with E-state index in [0.717, 1.165) is 28.8 Å². The molecule has 3 rings (SSSR count). The summed E-state index contributed by atoms with van der Waals surface area (Å²) in [6, 6.07) is 4.34. The Kier molecular flexibility index (Phi) is 4.07. The van der Waals surface area contributed by atoms with E-state index in [1.54, 1.807) is 0 Å². The first-order valence-electron chi connectivity index (χ1n) is 6.61. The van der Waals surface area contributed by atoms with Crippen molar-refractivity contribution in [2.45, 2.75) is 18.6 Å². The van der Waals surface area contributed by atoms with Gasteiger partial charge < -0.3 is 19.5 Å². The van der Waals surface area contributed by atoms with Crippen LogP contribution < -0.4 is 10.1 Å². The number of likely N-dealkylation sites (N-methyl/N-ethyl adjacent to an activating group) is 1. The number of benzene rings is 1. The van der Waals surface area contributed by atoms with Crippen LogP contribution in [0.5, 0.6) is 5.75 Å². The van der Waals surface area contributed by atoms with E-state index in [9.17, 15) is 0 Å². The molecule has 0 bridgehead atoms. The summed E-state index contributed by atoms with van der Waals surface area (Å²) in [7, 11) is 1.95. The maximum atomic E-state index is 5.83. The van der Waals surface area contributed by atoms with Crippen LogP contribution >= 0.6 is 15.9 Å². The van der Waals surface area contributed by atoms with Gasteiger partial charge in [0.2, 0.25) is 0 Å². The molecule has 0 aromatic heterocycles. The van der Waals surface area contributed by atoms with Gasteiger partial charge in [0.1, 0.15) is 11.9 Å². The quantitative estimate of drug-likeness (QED) is 0.922. The van der Waals surface area contributed by atoms with Gasteiger partial charge in [0.15, 0.2) is 0 Å². The minimum Gasteiger partial charge on any atom is -0.493 e. The molecule has 104 valence electrons. The summed E-state index contributed by atoms with van der Waals surface area (Å²) in [5.41, 5.74) is 2.42. The second-order valence-corrected chi connectivity index (χ2v) is 5.75. The number of ether oxygens (including phenoxy) is 3. The zero-order valence-electron chi connectivity index (χ0n) is 10.9. The van der Waals surface area contributed by atoms with Gasteiger partial charge in [-0.1, -0.05) is 15.9 Å². The molecule has 4 nitrogen and oxygen atoms in total. The molecule has 2 atom stereocenters. The van der Waals surface area contributed by atoms with Crippen molar-refractivity contribution in [3.63, 3.8) is 0 Å². The van der Waals surface area contributed by atoms with Gasteiger partial charge in [-0.3, -0.25) is 0 Å². The fourth-order valence-corrected chi connectivity index (χ4v) is 3.29. The molecule has 1 N–H and O–H groups in total. The van der Waals surface area contributed by atoms with Crippen LogP contribution in [0.3, 0.4) is 0 Å². The number of hydrogen-bond acceptors (Lipinski definition) is 4. The molecular formula is C14H18BrNO3. The Bertz CT molecular complexity index is 460. The molecule has 19 heavy (non-hydrogen) atoms. The molecule has 2 aliphatic heterocycles. The first-order valence-corrected chi connectivity index (χ1v) is 7.40. The number of hydrogen-bond donors (Lipinski definition) is 1. The van der Waals surface area contributed by atoms with Crippen LogP contribution in [0.1, 0.15) is 17.2 Å². The van der Waals surface area contributed by atoms with Crippen LogP contribution in [0.15, 0.2) is 16.6 Å². The van der Waals surface area contributed by atoms with Crippen LogP contribution in [-0.2, 0) is 15.9 Å². The van der Waals surface area contributed by atoms with Gasteiger partial charge in [0.05, 0.1) is 32.5 Å². The lowest BCUT2D eigenvalue weighted by Gasteiger charge is -2.31. The highest BCUT2D eigenvalue weighted by Gasteiger charge is 2.30. The highest BCUT2D eigenvalue weighted by molar-refractivity contribution is 9.10. The zero-order chi connectivity index (χ0) is 13.2. The number of halogens is 1. The monoisotopic (exact) mass is 327 g/mol. The number of fused-ring (bicyclic) bond motifs is 1. The first kappa shape index (κ1) is 13.4.